The largest absolute Gasteiger partial charge is 0.496 e. The van der Waals surface area contributed by atoms with Gasteiger partial charge < -0.3 is 20.7 Å². The number of nitrogens with zero attached hydrogens (tertiary/aromatic N) is 3. The third-order valence-corrected chi connectivity index (χ3v) is 4.53. The molecule has 0 saturated carbocycles. The second kappa shape index (κ2) is 11.0. The van der Waals surface area contributed by atoms with Gasteiger partial charge in [0.1, 0.15) is 23.7 Å². The maximum absolute atomic E-state index is 5.41. The maximum Gasteiger partial charge on any atom is 0.129 e. The first kappa shape index (κ1) is 20.5. The molecule has 0 bridgehead atoms. The van der Waals surface area contributed by atoms with Crippen molar-refractivity contribution in [1.82, 2.24) is 20.3 Å². The predicted octanol–water partition coefficient (Wildman–Crippen LogP) is 3.22. The minimum atomic E-state index is 0.755. The van der Waals surface area contributed by atoms with Crippen LogP contribution in [-0.4, -0.2) is 48.7 Å². The summed E-state index contributed by atoms with van der Waals surface area (Å²) in [5.41, 5.74) is 3.03. The van der Waals surface area contributed by atoms with Gasteiger partial charge in [-0.1, -0.05) is 18.2 Å². The van der Waals surface area contributed by atoms with Crippen LogP contribution in [-0.2, 0) is 6.42 Å². The van der Waals surface area contributed by atoms with Crippen LogP contribution < -0.4 is 20.7 Å². The van der Waals surface area contributed by atoms with Gasteiger partial charge in [0.25, 0.3) is 0 Å². The predicted molar refractivity (Wildman–Crippen MR) is 117 cm³/mol. The first-order valence-corrected chi connectivity index (χ1v) is 9.83. The number of pyridine rings is 1. The minimum Gasteiger partial charge on any atom is -0.496 e. The van der Waals surface area contributed by atoms with Gasteiger partial charge in [-0.15, -0.1) is 0 Å². The molecular weight excluding hydrogens is 364 g/mol. The van der Waals surface area contributed by atoms with E-state index in [9.17, 15) is 0 Å². The van der Waals surface area contributed by atoms with Crippen molar-refractivity contribution in [3.63, 3.8) is 0 Å². The third-order valence-electron chi connectivity index (χ3n) is 4.53. The molecule has 1 aromatic carbocycles. The van der Waals surface area contributed by atoms with Gasteiger partial charge in [-0.2, -0.15) is 0 Å². The van der Waals surface area contributed by atoms with E-state index >= 15 is 0 Å². The summed E-state index contributed by atoms with van der Waals surface area (Å²) in [5.74, 6) is 2.55. The highest BCUT2D eigenvalue weighted by Crippen LogP contribution is 2.21. The van der Waals surface area contributed by atoms with Crippen molar-refractivity contribution in [2.75, 3.05) is 44.4 Å². The van der Waals surface area contributed by atoms with Crippen LogP contribution in [0, 0.1) is 0 Å². The molecule has 2 heterocycles. The molecule has 3 aromatic rings. The highest BCUT2D eigenvalue weighted by Gasteiger charge is 2.05. The molecule has 7 heteroatoms. The molecule has 0 radical (unpaired) electrons. The van der Waals surface area contributed by atoms with Crippen LogP contribution in [0.1, 0.15) is 12.0 Å². The Kier molecular flexibility index (Phi) is 7.77. The maximum atomic E-state index is 5.41. The Morgan fingerprint density at radius 2 is 1.72 bits per heavy atom. The Labute approximate surface area is 172 Å². The fraction of sp³-hybridized carbons (Fsp3) is 0.318. The summed E-state index contributed by atoms with van der Waals surface area (Å²) in [5, 5.41) is 9.86. The molecule has 3 rings (SSSR count). The Balaban J connectivity index is 1.60. The van der Waals surface area contributed by atoms with E-state index in [1.807, 2.05) is 43.4 Å². The topological polar surface area (TPSA) is 84.0 Å². The lowest BCUT2D eigenvalue weighted by Gasteiger charge is -2.10. The van der Waals surface area contributed by atoms with Gasteiger partial charge in [-0.25, -0.2) is 15.0 Å². The van der Waals surface area contributed by atoms with E-state index in [0.717, 1.165) is 61.1 Å². The number of hydrogen-bond donors (Lipinski definition) is 3. The van der Waals surface area contributed by atoms with E-state index in [2.05, 4.69) is 37.0 Å². The van der Waals surface area contributed by atoms with Crippen molar-refractivity contribution in [3.05, 3.63) is 60.6 Å². The molecule has 29 heavy (non-hydrogen) atoms. The lowest BCUT2D eigenvalue weighted by atomic mass is 10.1. The minimum absolute atomic E-state index is 0.755. The Bertz CT molecular complexity index is 902. The summed E-state index contributed by atoms with van der Waals surface area (Å²) >= 11 is 0. The molecule has 0 aliphatic carbocycles. The monoisotopic (exact) mass is 392 g/mol. The zero-order valence-electron chi connectivity index (χ0n) is 17.0. The molecule has 0 atom stereocenters. The molecule has 0 amide bonds. The van der Waals surface area contributed by atoms with Gasteiger partial charge in [-0.05, 0) is 50.2 Å². The Hall–Kier alpha value is -3.19. The number of hydrogen-bond acceptors (Lipinski definition) is 7. The van der Waals surface area contributed by atoms with Crippen LogP contribution >= 0.6 is 0 Å². The van der Waals surface area contributed by atoms with E-state index in [0.29, 0.717) is 0 Å². The number of benzene rings is 1. The number of anilines is 2. The first-order valence-electron chi connectivity index (χ1n) is 9.83. The van der Waals surface area contributed by atoms with E-state index in [-0.39, 0.29) is 0 Å². The van der Waals surface area contributed by atoms with E-state index < -0.39 is 0 Å². The Morgan fingerprint density at radius 1 is 0.897 bits per heavy atom. The molecule has 0 aliphatic rings. The van der Waals surface area contributed by atoms with Gasteiger partial charge in [0.2, 0.25) is 0 Å². The van der Waals surface area contributed by atoms with Crippen LogP contribution in [0.5, 0.6) is 5.75 Å². The summed E-state index contributed by atoms with van der Waals surface area (Å²) in [6, 6.07) is 14.0. The number of aromatic nitrogens is 3. The van der Waals surface area contributed by atoms with Crippen molar-refractivity contribution < 1.29 is 4.74 Å². The third kappa shape index (κ3) is 6.15. The fourth-order valence-corrected chi connectivity index (χ4v) is 3.01. The van der Waals surface area contributed by atoms with Crippen LogP contribution in [0.15, 0.2) is 55.0 Å². The number of ether oxygens (including phenoxy) is 1. The highest BCUT2D eigenvalue weighted by atomic mass is 16.5. The van der Waals surface area contributed by atoms with Crippen LogP contribution in [0.3, 0.4) is 0 Å². The summed E-state index contributed by atoms with van der Waals surface area (Å²) in [6.07, 6.45) is 5.27. The van der Waals surface area contributed by atoms with E-state index in [4.69, 9.17) is 4.74 Å². The first-order chi connectivity index (χ1) is 14.3. The van der Waals surface area contributed by atoms with E-state index in [1.54, 1.807) is 19.6 Å². The van der Waals surface area contributed by atoms with Crippen LogP contribution in [0.2, 0.25) is 0 Å². The second-order valence-electron chi connectivity index (χ2n) is 6.59. The molecular formula is C22H28N6O. The van der Waals surface area contributed by atoms with Crippen molar-refractivity contribution in [3.8, 4) is 17.0 Å². The zero-order valence-corrected chi connectivity index (χ0v) is 17.0. The van der Waals surface area contributed by atoms with Crippen molar-refractivity contribution >= 4 is 11.6 Å². The standard InChI is InChI=1S/C22H28N6O/c1-23-10-5-11-24-21-14-18(9-13-25-21)19-15-22(28-16-27-19)26-12-8-17-6-3-4-7-20(17)29-2/h3-4,6-7,9,13-16,23H,5,8,10-12H2,1-2H3,(H,24,25)(H,26,27,28). The fourth-order valence-electron chi connectivity index (χ4n) is 3.01. The average molecular weight is 393 g/mol. The number of rotatable bonds is 11. The van der Waals surface area contributed by atoms with Crippen molar-refractivity contribution in [1.29, 1.82) is 0 Å². The van der Waals surface area contributed by atoms with E-state index in [1.165, 1.54) is 5.56 Å². The zero-order chi connectivity index (χ0) is 20.3. The highest BCUT2D eigenvalue weighted by molar-refractivity contribution is 5.65. The lowest BCUT2D eigenvalue weighted by Crippen LogP contribution is -2.13. The van der Waals surface area contributed by atoms with Crippen LogP contribution in [0.25, 0.3) is 11.3 Å². The number of para-hydroxylation sites is 1. The molecule has 3 N–H and O–H groups in total. The molecule has 2 aromatic heterocycles. The summed E-state index contributed by atoms with van der Waals surface area (Å²) in [4.78, 5) is 13.1. The lowest BCUT2D eigenvalue weighted by molar-refractivity contribution is 0.410. The normalized spacial score (nSPS) is 10.6. The average Bonchev–Trinajstić information content (AvgIpc) is 2.77. The quantitative estimate of drug-likeness (QED) is 0.432. The molecule has 0 aliphatic heterocycles. The molecule has 7 nitrogen and oxygen atoms in total. The number of methoxy groups -OCH3 is 1. The molecule has 0 fully saturated rings. The molecule has 152 valence electrons. The van der Waals surface area contributed by atoms with Gasteiger partial charge in [-0.3, -0.25) is 0 Å². The van der Waals surface area contributed by atoms with Gasteiger partial charge >= 0.3 is 0 Å². The summed E-state index contributed by atoms with van der Waals surface area (Å²) < 4.78 is 5.41. The van der Waals surface area contributed by atoms with Crippen molar-refractivity contribution in [2.45, 2.75) is 12.8 Å². The van der Waals surface area contributed by atoms with Gasteiger partial charge in [0.15, 0.2) is 0 Å². The molecule has 0 spiro atoms. The molecule has 0 saturated heterocycles. The number of nitrogens with one attached hydrogen (secondary N) is 3. The Morgan fingerprint density at radius 3 is 2.59 bits per heavy atom. The van der Waals surface area contributed by atoms with Gasteiger partial charge in [0.05, 0.1) is 12.8 Å². The summed E-state index contributed by atoms with van der Waals surface area (Å²) in [6.45, 7) is 2.60. The SMILES string of the molecule is CNCCCNc1cc(-c2cc(NCCc3ccccc3OC)ncn2)ccn1. The smallest absolute Gasteiger partial charge is 0.129 e. The second-order valence-corrected chi connectivity index (χ2v) is 6.59. The summed E-state index contributed by atoms with van der Waals surface area (Å²) in [7, 11) is 3.65. The van der Waals surface area contributed by atoms with Gasteiger partial charge in [0, 0.05) is 30.9 Å². The molecule has 0 unspecified atom stereocenters. The van der Waals surface area contributed by atoms with Crippen molar-refractivity contribution in [2.24, 2.45) is 0 Å². The van der Waals surface area contributed by atoms with Crippen LogP contribution in [0.4, 0.5) is 11.6 Å².